The summed E-state index contributed by atoms with van der Waals surface area (Å²) in [5, 5.41) is 0. The first-order valence-corrected chi connectivity index (χ1v) is 5.93. The number of nitrogens with zero attached hydrogens (tertiary/aromatic N) is 1. The fraction of sp³-hybridized carbons (Fsp3) is 0.500. The molecule has 86 valence electrons. The molecular formula is C14H19NO. The number of benzene rings is 1. The Labute approximate surface area is 97.3 Å². The zero-order valence-corrected chi connectivity index (χ0v) is 10.3. The largest absolute Gasteiger partial charge is 0.340 e. The Morgan fingerprint density at radius 2 is 1.94 bits per heavy atom. The van der Waals surface area contributed by atoms with Crippen LogP contribution in [0.4, 0.5) is 0 Å². The second kappa shape index (κ2) is 4.28. The highest BCUT2D eigenvalue weighted by molar-refractivity contribution is 5.79. The maximum atomic E-state index is 12.0. The molecule has 0 bridgehead atoms. The summed E-state index contributed by atoms with van der Waals surface area (Å²) >= 11 is 0. The van der Waals surface area contributed by atoms with Crippen LogP contribution < -0.4 is 0 Å². The molecule has 0 saturated carbocycles. The molecule has 0 aliphatic carbocycles. The van der Waals surface area contributed by atoms with Gasteiger partial charge in [0.2, 0.25) is 5.91 Å². The van der Waals surface area contributed by atoms with Crippen molar-refractivity contribution in [2.45, 2.75) is 39.7 Å². The van der Waals surface area contributed by atoms with Crippen LogP contribution in [0.25, 0.3) is 0 Å². The normalized spacial score (nSPS) is 19.4. The summed E-state index contributed by atoms with van der Waals surface area (Å²) in [5.41, 5.74) is 3.61. The summed E-state index contributed by atoms with van der Waals surface area (Å²) in [6, 6.07) is 6.80. The van der Waals surface area contributed by atoms with Gasteiger partial charge in [-0.3, -0.25) is 4.79 Å². The van der Waals surface area contributed by atoms with Crippen molar-refractivity contribution in [3.63, 3.8) is 0 Å². The molecule has 0 spiro atoms. The van der Waals surface area contributed by atoms with Crippen molar-refractivity contribution in [1.29, 1.82) is 0 Å². The predicted molar refractivity (Wildman–Crippen MR) is 65.4 cm³/mol. The molecule has 1 amide bonds. The van der Waals surface area contributed by atoms with Gasteiger partial charge in [-0.25, -0.2) is 0 Å². The Bertz CT molecular complexity index is 391. The van der Waals surface area contributed by atoms with E-state index in [0.717, 1.165) is 18.5 Å². The van der Waals surface area contributed by atoms with Gasteiger partial charge in [-0.2, -0.15) is 0 Å². The molecule has 1 fully saturated rings. The van der Waals surface area contributed by atoms with E-state index in [0.29, 0.717) is 12.5 Å². The minimum atomic E-state index is 0.267. The van der Waals surface area contributed by atoms with Gasteiger partial charge in [-0.05, 0) is 32.8 Å². The average Bonchev–Trinajstić information content (AvgIpc) is 2.13. The highest BCUT2D eigenvalue weighted by atomic mass is 16.2. The molecule has 2 heteroatoms. The molecular weight excluding hydrogens is 198 g/mol. The fourth-order valence-corrected chi connectivity index (χ4v) is 2.33. The van der Waals surface area contributed by atoms with Crippen molar-refractivity contribution < 1.29 is 4.79 Å². The molecule has 1 heterocycles. The number of aryl methyl sites for hydroxylation is 2. The van der Waals surface area contributed by atoms with Crippen molar-refractivity contribution in [3.05, 3.63) is 34.9 Å². The Balaban J connectivity index is 2.05. The second-order valence-corrected chi connectivity index (χ2v) is 4.90. The highest BCUT2D eigenvalue weighted by Gasteiger charge is 2.27. The lowest BCUT2D eigenvalue weighted by Crippen LogP contribution is -2.49. The van der Waals surface area contributed by atoms with Crippen LogP contribution in [0.5, 0.6) is 0 Å². The second-order valence-electron chi connectivity index (χ2n) is 4.90. The topological polar surface area (TPSA) is 20.3 Å². The van der Waals surface area contributed by atoms with Crippen LogP contribution in [0, 0.1) is 13.8 Å². The van der Waals surface area contributed by atoms with Gasteiger partial charge >= 0.3 is 0 Å². The number of likely N-dealkylation sites (tertiary alicyclic amines) is 1. The molecule has 2 nitrogen and oxygen atoms in total. The Morgan fingerprint density at radius 3 is 2.38 bits per heavy atom. The first kappa shape index (κ1) is 11.2. The van der Waals surface area contributed by atoms with E-state index < -0.39 is 0 Å². The van der Waals surface area contributed by atoms with Crippen LogP contribution in [-0.2, 0) is 11.2 Å². The molecule has 2 rings (SSSR count). The number of carbonyl (C=O) groups excluding carboxylic acids is 1. The summed E-state index contributed by atoms with van der Waals surface area (Å²) < 4.78 is 0. The lowest BCUT2D eigenvalue weighted by atomic mass is 10.0. The molecule has 0 N–H and O–H groups in total. The van der Waals surface area contributed by atoms with Gasteiger partial charge in [-0.15, -0.1) is 0 Å². The van der Waals surface area contributed by atoms with Gasteiger partial charge in [0.15, 0.2) is 0 Å². The molecule has 0 radical (unpaired) electrons. The van der Waals surface area contributed by atoms with Crippen molar-refractivity contribution in [2.75, 3.05) is 6.54 Å². The van der Waals surface area contributed by atoms with Crippen LogP contribution >= 0.6 is 0 Å². The van der Waals surface area contributed by atoms with E-state index in [1.165, 1.54) is 11.1 Å². The standard InChI is InChI=1S/C14H19NO/c1-10-6-11(2)8-13(7-10)9-14(16)15-5-4-12(15)3/h6-8,12H,4-5,9H2,1-3H3. The van der Waals surface area contributed by atoms with Crippen LogP contribution in [0.1, 0.15) is 30.0 Å². The van der Waals surface area contributed by atoms with Crippen LogP contribution in [-0.4, -0.2) is 23.4 Å². The van der Waals surface area contributed by atoms with Crippen LogP contribution in [0.3, 0.4) is 0 Å². The van der Waals surface area contributed by atoms with E-state index in [9.17, 15) is 4.79 Å². The number of hydrogen-bond donors (Lipinski definition) is 0. The summed E-state index contributed by atoms with van der Waals surface area (Å²) in [4.78, 5) is 13.9. The minimum Gasteiger partial charge on any atom is -0.340 e. The van der Waals surface area contributed by atoms with E-state index >= 15 is 0 Å². The third-order valence-electron chi connectivity index (χ3n) is 3.28. The van der Waals surface area contributed by atoms with Crippen molar-refractivity contribution in [1.82, 2.24) is 4.90 Å². The molecule has 1 unspecified atom stereocenters. The summed E-state index contributed by atoms with van der Waals surface area (Å²) in [5.74, 6) is 0.267. The lowest BCUT2D eigenvalue weighted by Gasteiger charge is -2.38. The van der Waals surface area contributed by atoms with E-state index in [-0.39, 0.29) is 5.91 Å². The minimum absolute atomic E-state index is 0.267. The van der Waals surface area contributed by atoms with Crippen molar-refractivity contribution >= 4 is 5.91 Å². The number of rotatable bonds is 2. The summed E-state index contributed by atoms with van der Waals surface area (Å²) in [6.07, 6.45) is 1.70. The summed E-state index contributed by atoms with van der Waals surface area (Å²) in [6.45, 7) is 7.20. The molecule has 0 aromatic heterocycles. The van der Waals surface area contributed by atoms with Crippen LogP contribution in [0.2, 0.25) is 0 Å². The quantitative estimate of drug-likeness (QED) is 0.745. The Hall–Kier alpha value is -1.31. The zero-order valence-electron chi connectivity index (χ0n) is 10.3. The van der Waals surface area contributed by atoms with Crippen molar-refractivity contribution in [2.24, 2.45) is 0 Å². The molecule has 1 atom stereocenters. The van der Waals surface area contributed by atoms with Gasteiger partial charge in [0.05, 0.1) is 6.42 Å². The third-order valence-corrected chi connectivity index (χ3v) is 3.28. The molecule has 1 aromatic carbocycles. The molecule has 16 heavy (non-hydrogen) atoms. The van der Waals surface area contributed by atoms with Gasteiger partial charge in [-0.1, -0.05) is 29.3 Å². The number of hydrogen-bond acceptors (Lipinski definition) is 1. The average molecular weight is 217 g/mol. The molecule has 1 saturated heterocycles. The predicted octanol–water partition coefficient (Wildman–Crippen LogP) is 2.47. The zero-order chi connectivity index (χ0) is 11.7. The molecule has 1 aliphatic rings. The first-order chi connectivity index (χ1) is 7.56. The Morgan fingerprint density at radius 1 is 1.31 bits per heavy atom. The van der Waals surface area contributed by atoms with E-state index in [2.05, 4.69) is 39.0 Å². The maximum Gasteiger partial charge on any atom is 0.227 e. The SMILES string of the molecule is Cc1cc(C)cc(CC(=O)N2CCC2C)c1. The fourth-order valence-electron chi connectivity index (χ4n) is 2.33. The van der Waals surface area contributed by atoms with Gasteiger partial charge in [0.25, 0.3) is 0 Å². The van der Waals surface area contributed by atoms with Crippen molar-refractivity contribution in [3.8, 4) is 0 Å². The monoisotopic (exact) mass is 217 g/mol. The molecule has 1 aliphatic heterocycles. The lowest BCUT2D eigenvalue weighted by molar-refractivity contribution is -0.137. The third kappa shape index (κ3) is 2.26. The first-order valence-electron chi connectivity index (χ1n) is 5.93. The smallest absolute Gasteiger partial charge is 0.227 e. The van der Waals surface area contributed by atoms with E-state index in [4.69, 9.17) is 0 Å². The van der Waals surface area contributed by atoms with E-state index in [1.54, 1.807) is 0 Å². The summed E-state index contributed by atoms with van der Waals surface area (Å²) in [7, 11) is 0. The maximum absolute atomic E-state index is 12.0. The van der Waals surface area contributed by atoms with E-state index in [1.807, 2.05) is 4.90 Å². The number of carbonyl (C=O) groups is 1. The van der Waals surface area contributed by atoms with Gasteiger partial charge < -0.3 is 4.90 Å². The Kier molecular flexibility index (Phi) is 2.99. The van der Waals surface area contributed by atoms with Gasteiger partial charge in [0, 0.05) is 12.6 Å². The molecule has 1 aromatic rings. The highest BCUT2D eigenvalue weighted by Crippen LogP contribution is 2.18. The van der Waals surface area contributed by atoms with Gasteiger partial charge in [0.1, 0.15) is 0 Å². The van der Waals surface area contributed by atoms with Crippen LogP contribution in [0.15, 0.2) is 18.2 Å². The number of amides is 1.